The first-order valence-electron chi connectivity index (χ1n) is 7.05. The maximum absolute atomic E-state index is 12.4. The van der Waals surface area contributed by atoms with Crippen LogP contribution < -0.4 is 0 Å². The maximum atomic E-state index is 12.4. The molecule has 5 heteroatoms. The number of para-hydroxylation sites is 1. The summed E-state index contributed by atoms with van der Waals surface area (Å²) in [7, 11) is 0. The number of hydrogen-bond donors (Lipinski definition) is 2. The van der Waals surface area contributed by atoms with Gasteiger partial charge in [-0.15, -0.1) is 11.3 Å². The quantitative estimate of drug-likeness (QED) is 0.566. The Morgan fingerprint density at radius 2 is 2.00 bits per heavy atom. The third-order valence-electron chi connectivity index (χ3n) is 4.32. The van der Waals surface area contributed by atoms with E-state index in [1.807, 2.05) is 41.9 Å². The summed E-state index contributed by atoms with van der Waals surface area (Å²) >= 11 is 1.32. The molecule has 2 N–H and O–H groups in total. The fourth-order valence-electron chi connectivity index (χ4n) is 2.81. The second-order valence-corrected chi connectivity index (χ2v) is 6.58. The van der Waals surface area contributed by atoms with Crippen molar-refractivity contribution in [3.63, 3.8) is 0 Å². The van der Waals surface area contributed by atoms with Crippen molar-refractivity contribution in [3.8, 4) is 11.1 Å². The van der Waals surface area contributed by atoms with E-state index in [4.69, 9.17) is 0 Å². The molecule has 0 spiro atoms. The predicted molar refractivity (Wildman–Crippen MR) is 85.2 cm³/mol. The van der Waals surface area contributed by atoms with Crippen LogP contribution in [0.15, 0.2) is 41.9 Å². The second kappa shape index (κ2) is 4.55. The van der Waals surface area contributed by atoms with E-state index in [1.165, 1.54) is 11.3 Å². The summed E-state index contributed by atoms with van der Waals surface area (Å²) in [5, 5.41) is 12.3. The largest absolute Gasteiger partial charge is 0.480 e. The van der Waals surface area contributed by atoms with Gasteiger partial charge in [0.05, 0.1) is 4.88 Å². The number of hydrogen-bond acceptors (Lipinski definition) is 3. The average molecular weight is 311 g/mol. The van der Waals surface area contributed by atoms with Gasteiger partial charge in [-0.1, -0.05) is 18.2 Å². The normalized spacial score (nSPS) is 15.8. The number of aliphatic carboxylic acids is 1. The summed E-state index contributed by atoms with van der Waals surface area (Å²) in [5.41, 5.74) is 1.86. The Morgan fingerprint density at radius 3 is 2.73 bits per heavy atom. The Balaban J connectivity index is 1.73. The van der Waals surface area contributed by atoms with Crippen LogP contribution in [0, 0.1) is 5.41 Å². The number of carbonyl (C=O) groups is 2. The van der Waals surface area contributed by atoms with Crippen LogP contribution in [-0.2, 0) is 4.79 Å². The first kappa shape index (κ1) is 13.3. The van der Waals surface area contributed by atoms with Gasteiger partial charge >= 0.3 is 5.97 Å². The average Bonchev–Trinajstić information content (AvgIpc) is 3.01. The van der Waals surface area contributed by atoms with Gasteiger partial charge in [-0.05, 0) is 35.9 Å². The molecule has 0 unspecified atom stereocenters. The fraction of sp³-hybridized carbons (Fsp3) is 0.176. The Morgan fingerprint density at radius 1 is 1.23 bits per heavy atom. The molecule has 1 saturated carbocycles. The van der Waals surface area contributed by atoms with Crippen LogP contribution in [0.1, 0.15) is 22.5 Å². The van der Waals surface area contributed by atoms with Gasteiger partial charge in [0.25, 0.3) is 0 Å². The number of aromatic nitrogens is 1. The molecule has 0 amide bonds. The number of thiophene rings is 1. The number of carboxylic acid groups (broad SMARTS) is 1. The Kier molecular flexibility index (Phi) is 2.74. The van der Waals surface area contributed by atoms with Gasteiger partial charge < -0.3 is 10.1 Å². The first-order chi connectivity index (χ1) is 10.6. The molecule has 3 aromatic rings. The van der Waals surface area contributed by atoms with E-state index >= 15 is 0 Å². The number of rotatable bonds is 4. The van der Waals surface area contributed by atoms with Crippen LogP contribution >= 0.6 is 11.3 Å². The van der Waals surface area contributed by atoms with Crippen LogP contribution in [-0.4, -0.2) is 21.8 Å². The van der Waals surface area contributed by atoms with Crippen molar-refractivity contribution in [3.05, 3.63) is 46.8 Å². The Hall–Kier alpha value is -2.40. The topological polar surface area (TPSA) is 70.2 Å². The molecule has 2 heterocycles. The number of carbonyl (C=O) groups excluding carboxylic acids is 1. The van der Waals surface area contributed by atoms with E-state index in [9.17, 15) is 14.7 Å². The molecule has 22 heavy (non-hydrogen) atoms. The Labute approximate surface area is 130 Å². The minimum Gasteiger partial charge on any atom is -0.480 e. The zero-order valence-corrected chi connectivity index (χ0v) is 12.4. The van der Waals surface area contributed by atoms with Crippen LogP contribution in [0.3, 0.4) is 0 Å². The summed E-state index contributed by atoms with van der Waals surface area (Å²) < 4.78 is 0. The van der Waals surface area contributed by atoms with Crippen LogP contribution in [0.4, 0.5) is 0 Å². The van der Waals surface area contributed by atoms with Crippen molar-refractivity contribution in [1.29, 1.82) is 0 Å². The molecule has 0 atom stereocenters. The number of benzene rings is 1. The van der Waals surface area contributed by atoms with Gasteiger partial charge in [-0.3, -0.25) is 9.59 Å². The van der Waals surface area contributed by atoms with Gasteiger partial charge in [-0.25, -0.2) is 0 Å². The molecule has 1 aliphatic rings. The highest BCUT2D eigenvalue weighted by molar-refractivity contribution is 7.12. The molecule has 4 nitrogen and oxygen atoms in total. The SMILES string of the molecule is O=C(O)C1(C(=O)c2cc(-c3c[nH]c4ccccc34)cs2)CC1. The van der Waals surface area contributed by atoms with E-state index < -0.39 is 11.4 Å². The van der Waals surface area contributed by atoms with E-state index in [1.54, 1.807) is 0 Å². The first-order valence-corrected chi connectivity index (χ1v) is 7.93. The highest BCUT2D eigenvalue weighted by Gasteiger charge is 2.57. The highest BCUT2D eigenvalue weighted by atomic mass is 32.1. The second-order valence-electron chi connectivity index (χ2n) is 5.66. The van der Waals surface area contributed by atoms with Crippen molar-refractivity contribution >= 4 is 34.0 Å². The molecule has 1 fully saturated rings. The number of H-pyrrole nitrogens is 1. The third kappa shape index (κ3) is 1.82. The van der Waals surface area contributed by atoms with Crippen molar-refractivity contribution < 1.29 is 14.7 Å². The highest BCUT2D eigenvalue weighted by Crippen LogP contribution is 2.49. The molecule has 1 aliphatic carbocycles. The number of fused-ring (bicyclic) bond motifs is 1. The lowest BCUT2D eigenvalue weighted by molar-refractivity contribution is -0.141. The van der Waals surface area contributed by atoms with Gasteiger partial charge in [0.1, 0.15) is 5.41 Å². The number of Topliss-reactive ketones (excluding diaryl/α,β-unsaturated/α-hetero) is 1. The van der Waals surface area contributed by atoms with Crippen LogP contribution in [0.2, 0.25) is 0 Å². The minimum atomic E-state index is -1.16. The number of nitrogens with one attached hydrogen (secondary N) is 1. The molecule has 1 aromatic carbocycles. The molecule has 110 valence electrons. The van der Waals surface area contributed by atoms with E-state index in [2.05, 4.69) is 4.98 Å². The third-order valence-corrected chi connectivity index (χ3v) is 5.25. The number of carboxylic acids is 1. The molecular weight excluding hydrogens is 298 g/mol. The summed E-state index contributed by atoms with van der Waals surface area (Å²) in [5.74, 6) is -1.25. The molecular formula is C17H13NO3S. The lowest BCUT2D eigenvalue weighted by atomic mass is 9.99. The standard InChI is InChI=1S/C17H13NO3S/c19-15(17(5-6-17)16(20)21)14-7-10(9-22-14)12-8-18-13-4-2-1-3-11(12)13/h1-4,7-9,18H,5-6H2,(H,20,21). The van der Waals surface area contributed by atoms with Crippen molar-refractivity contribution in [1.82, 2.24) is 4.98 Å². The van der Waals surface area contributed by atoms with Crippen molar-refractivity contribution in [2.24, 2.45) is 5.41 Å². The molecule has 0 aliphatic heterocycles. The van der Waals surface area contributed by atoms with Gasteiger partial charge in [0, 0.05) is 22.7 Å². The van der Waals surface area contributed by atoms with Crippen molar-refractivity contribution in [2.45, 2.75) is 12.8 Å². The number of ketones is 1. The summed E-state index contributed by atoms with van der Waals surface area (Å²) in [6, 6.07) is 9.78. The predicted octanol–water partition coefficient (Wildman–Crippen LogP) is 3.94. The zero-order chi connectivity index (χ0) is 15.3. The van der Waals surface area contributed by atoms with E-state index in [0.717, 1.165) is 22.0 Å². The molecule has 0 saturated heterocycles. The summed E-state index contributed by atoms with van der Waals surface area (Å²) in [6.07, 6.45) is 2.81. The van der Waals surface area contributed by atoms with Gasteiger partial charge in [0.2, 0.25) is 0 Å². The van der Waals surface area contributed by atoms with E-state index in [0.29, 0.717) is 17.7 Å². The monoisotopic (exact) mass is 311 g/mol. The van der Waals surface area contributed by atoms with Crippen LogP contribution in [0.25, 0.3) is 22.0 Å². The maximum Gasteiger partial charge on any atom is 0.317 e. The molecule has 0 bridgehead atoms. The van der Waals surface area contributed by atoms with Crippen LogP contribution in [0.5, 0.6) is 0 Å². The molecule has 4 rings (SSSR count). The van der Waals surface area contributed by atoms with E-state index in [-0.39, 0.29) is 5.78 Å². The Bertz CT molecular complexity index is 901. The fourth-order valence-corrected chi connectivity index (χ4v) is 3.75. The smallest absolute Gasteiger partial charge is 0.317 e. The summed E-state index contributed by atoms with van der Waals surface area (Å²) in [4.78, 5) is 27.5. The lowest BCUT2D eigenvalue weighted by Crippen LogP contribution is -2.24. The summed E-state index contributed by atoms with van der Waals surface area (Å²) in [6.45, 7) is 0. The van der Waals surface area contributed by atoms with Crippen molar-refractivity contribution in [2.75, 3.05) is 0 Å². The molecule has 0 radical (unpaired) electrons. The minimum absolute atomic E-state index is 0.254. The lowest BCUT2D eigenvalue weighted by Gasteiger charge is -2.05. The van der Waals surface area contributed by atoms with Gasteiger partial charge in [-0.2, -0.15) is 0 Å². The zero-order valence-electron chi connectivity index (χ0n) is 11.6. The molecule has 2 aromatic heterocycles. The van der Waals surface area contributed by atoms with Gasteiger partial charge in [0.15, 0.2) is 5.78 Å². The number of aromatic amines is 1.